The maximum Gasteiger partial charge on any atom is 0.272 e. The van der Waals surface area contributed by atoms with Gasteiger partial charge in [0.1, 0.15) is 5.69 Å². The molecule has 1 amide bonds. The van der Waals surface area contributed by atoms with E-state index in [2.05, 4.69) is 50.9 Å². The fourth-order valence-electron chi connectivity index (χ4n) is 2.87. The van der Waals surface area contributed by atoms with Crippen LogP contribution in [0.2, 0.25) is 0 Å². The Hall–Kier alpha value is -1.81. The van der Waals surface area contributed by atoms with Crippen molar-refractivity contribution in [2.45, 2.75) is 51.2 Å². The number of amides is 1. The largest absolute Gasteiger partial charge is 0.337 e. The first-order valence-electron chi connectivity index (χ1n) is 9.01. The number of aromatic nitrogens is 1. The highest BCUT2D eigenvalue weighted by Crippen LogP contribution is 2.28. The molecule has 0 aliphatic rings. The Kier molecular flexibility index (Phi) is 7.51. The van der Waals surface area contributed by atoms with E-state index in [1.54, 1.807) is 11.8 Å². The van der Waals surface area contributed by atoms with E-state index >= 15 is 0 Å². The van der Waals surface area contributed by atoms with Crippen molar-refractivity contribution in [3.05, 3.63) is 58.9 Å². The maximum atomic E-state index is 12.7. The molecule has 2 aromatic rings. The molecule has 0 N–H and O–H groups in total. The lowest BCUT2D eigenvalue weighted by atomic mass is 10.2. The number of thioether (sulfide) groups is 1. The van der Waals surface area contributed by atoms with Crippen LogP contribution in [0.5, 0.6) is 0 Å². The second kappa shape index (κ2) is 9.62. The first-order valence-corrected chi connectivity index (χ1v) is 9.99. The standard InChI is InChI=1S/C21H28N2OS/c1-5-13-23(14-6-2)21(24)19-12-8-11-18(22-19)15-25-20-16(3)9-7-10-17(20)4/h7-12H,5-6,13-15H2,1-4H3. The minimum atomic E-state index is 0.0441. The first-order chi connectivity index (χ1) is 12.1. The van der Waals surface area contributed by atoms with Crippen molar-refractivity contribution in [3.8, 4) is 0 Å². The lowest BCUT2D eigenvalue weighted by molar-refractivity contribution is 0.0749. The van der Waals surface area contributed by atoms with Crippen LogP contribution in [0.15, 0.2) is 41.3 Å². The average molecular weight is 357 g/mol. The van der Waals surface area contributed by atoms with Crippen molar-refractivity contribution in [3.63, 3.8) is 0 Å². The van der Waals surface area contributed by atoms with Crippen molar-refractivity contribution in [1.82, 2.24) is 9.88 Å². The zero-order valence-electron chi connectivity index (χ0n) is 15.7. The van der Waals surface area contributed by atoms with Crippen molar-refractivity contribution < 1.29 is 4.79 Å². The first kappa shape index (κ1) is 19.5. The smallest absolute Gasteiger partial charge is 0.272 e. The Morgan fingerprint density at radius 2 is 1.60 bits per heavy atom. The van der Waals surface area contributed by atoms with Gasteiger partial charge in [0.05, 0.1) is 5.69 Å². The lowest BCUT2D eigenvalue weighted by Gasteiger charge is -2.21. The Morgan fingerprint density at radius 1 is 1.00 bits per heavy atom. The number of rotatable bonds is 8. The summed E-state index contributed by atoms with van der Waals surface area (Å²) in [6.45, 7) is 10.0. The number of aryl methyl sites for hydroxylation is 2. The van der Waals surface area contributed by atoms with Crippen LogP contribution in [0.4, 0.5) is 0 Å². The molecule has 0 atom stereocenters. The van der Waals surface area contributed by atoms with Crippen LogP contribution in [-0.2, 0) is 5.75 Å². The molecule has 0 bridgehead atoms. The molecular formula is C21H28N2OS. The predicted molar refractivity (Wildman–Crippen MR) is 106 cm³/mol. The Labute approximate surface area is 155 Å². The van der Waals surface area contributed by atoms with Gasteiger partial charge >= 0.3 is 0 Å². The van der Waals surface area contributed by atoms with Crippen molar-refractivity contribution in [2.24, 2.45) is 0 Å². The number of carbonyl (C=O) groups is 1. The second-order valence-corrected chi connectivity index (χ2v) is 7.30. The van der Waals surface area contributed by atoms with E-state index in [0.29, 0.717) is 5.69 Å². The summed E-state index contributed by atoms with van der Waals surface area (Å²) in [5.41, 5.74) is 4.08. The van der Waals surface area contributed by atoms with Gasteiger partial charge in [-0.2, -0.15) is 0 Å². The number of carbonyl (C=O) groups excluding carboxylic acids is 1. The summed E-state index contributed by atoms with van der Waals surface area (Å²) in [7, 11) is 0. The van der Waals surface area contributed by atoms with Crippen LogP contribution in [0.3, 0.4) is 0 Å². The van der Waals surface area contributed by atoms with E-state index in [-0.39, 0.29) is 5.91 Å². The highest BCUT2D eigenvalue weighted by molar-refractivity contribution is 7.98. The molecule has 25 heavy (non-hydrogen) atoms. The minimum absolute atomic E-state index is 0.0441. The molecule has 0 saturated carbocycles. The van der Waals surface area contributed by atoms with Gasteiger partial charge in [0.2, 0.25) is 0 Å². The lowest BCUT2D eigenvalue weighted by Crippen LogP contribution is -2.33. The zero-order valence-corrected chi connectivity index (χ0v) is 16.5. The number of hydrogen-bond acceptors (Lipinski definition) is 3. The van der Waals surface area contributed by atoms with Gasteiger partial charge in [-0.1, -0.05) is 38.1 Å². The molecule has 1 heterocycles. The Bertz CT molecular complexity index is 689. The van der Waals surface area contributed by atoms with Gasteiger partial charge < -0.3 is 4.90 Å². The van der Waals surface area contributed by atoms with E-state index in [9.17, 15) is 4.79 Å². The molecule has 1 aromatic heterocycles. The molecule has 0 aliphatic heterocycles. The van der Waals surface area contributed by atoms with Gasteiger partial charge in [-0.3, -0.25) is 4.79 Å². The highest BCUT2D eigenvalue weighted by atomic mass is 32.2. The summed E-state index contributed by atoms with van der Waals surface area (Å²) in [5.74, 6) is 0.816. The Morgan fingerprint density at radius 3 is 2.20 bits per heavy atom. The normalized spacial score (nSPS) is 10.7. The zero-order chi connectivity index (χ0) is 18.2. The maximum absolute atomic E-state index is 12.7. The van der Waals surface area contributed by atoms with Gasteiger partial charge in [0.15, 0.2) is 0 Å². The summed E-state index contributed by atoms with van der Waals surface area (Å²) >= 11 is 1.79. The van der Waals surface area contributed by atoms with Gasteiger partial charge in [0, 0.05) is 23.7 Å². The number of benzene rings is 1. The summed E-state index contributed by atoms with van der Waals surface area (Å²) in [4.78, 5) is 20.5. The van der Waals surface area contributed by atoms with Crippen molar-refractivity contribution >= 4 is 17.7 Å². The molecule has 0 fully saturated rings. The van der Waals surface area contributed by atoms with E-state index < -0.39 is 0 Å². The molecule has 1 aromatic carbocycles. The number of hydrogen-bond donors (Lipinski definition) is 0. The molecule has 0 unspecified atom stereocenters. The number of nitrogens with zero attached hydrogens (tertiary/aromatic N) is 2. The second-order valence-electron chi connectivity index (χ2n) is 6.32. The van der Waals surface area contributed by atoms with Crippen LogP contribution in [0.25, 0.3) is 0 Å². The third-order valence-corrected chi connectivity index (χ3v) is 5.45. The average Bonchev–Trinajstić information content (AvgIpc) is 2.61. The highest BCUT2D eigenvalue weighted by Gasteiger charge is 2.16. The third-order valence-electron chi connectivity index (χ3n) is 4.07. The van der Waals surface area contributed by atoms with E-state index in [1.807, 2.05) is 23.1 Å². The third kappa shape index (κ3) is 5.33. The van der Waals surface area contributed by atoms with Crippen LogP contribution >= 0.6 is 11.8 Å². The van der Waals surface area contributed by atoms with Crippen molar-refractivity contribution in [1.29, 1.82) is 0 Å². The van der Waals surface area contributed by atoms with E-state index in [1.165, 1.54) is 16.0 Å². The van der Waals surface area contributed by atoms with Gasteiger partial charge in [0.25, 0.3) is 5.91 Å². The molecule has 2 rings (SSSR count). The van der Waals surface area contributed by atoms with Crippen molar-refractivity contribution in [2.75, 3.05) is 13.1 Å². The molecule has 0 saturated heterocycles. The molecule has 0 radical (unpaired) electrons. The van der Waals surface area contributed by atoms with Crippen LogP contribution in [-0.4, -0.2) is 28.9 Å². The van der Waals surface area contributed by atoms with Gasteiger partial charge in [-0.05, 0) is 49.9 Å². The summed E-state index contributed by atoms with van der Waals surface area (Å²) < 4.78 is 0. The fourth-order valence-corrected chi connectivity index (χ4v) is 3.91. The SMILES string of the molecule is CCCN(CCC)C(=O)c1cccc(CSc2c(C)cccc2C)n1. The molecule has 0 spiro atoms. The molecule has 3 nitrogen and oxygen atoms in total. The predicted octanol–water partition coefficient (Wildman–Crippen LogP) is 5.25. The summed E-state index contributed by atoms with van der Waals surface area (Å²) in [5, 5.41) is 0. The molecular weight excluding hydrogens is 328 g/mol. The fraction of sp³-hybridized carbons (Fsp3) is 0.429. The van der Waals surface area contributed by atoms with E-state index in [0.717, 1.165) is 37.4 Å². The number of pyridine rings is 1. The van der Waals surface area contributed by atoms with Crippen LogP contribution in [0.1, 0.15) is 54.0 Å². The topological polar surface area (TPSA) is 33.2 Å². The monoisotopic (exact) mass is 356 g/mol. The molecule has 0 aliphatic carbocycles. The van der Waals surface area contributed by atoms with Gasteiger partial charge in [-0.15, -0.1) is 11.8 Å². The quantitative estimate of drug-likeness (QED) is 0.605. The summed E-state index contributed by atoms with van der Waals surface area (Å²) in [6, 6.07) is 12.1. The minimum Gasteiger partial charge on any atom is -0.337 e. The van der Waals surface area contributed by atoms with Crippen LogP contribution < -0.4 is 0 Å². The van der Waals surface area contributed by atoms with Crippen LogP contribution in [0, 0.1) is 13.8 Å². The Balaban J connectivity index is 2.11. The molecule has 134 valence electrons. The van der Waals surface area contributed by atoms with Gasteiger partial charge in [-0.25, -0.2) is 4.98 Å². The summed E-state index contributed by atoms with van der Waals surface area (Å²) in [6.07, 6.45) is 1.93. The molecule has 4 heteroatoms. The van der Waals surface area contributed by atoms with E-state index in [4.69, 9.17) is 0 Å².